The van der Waals surface area contributed by atoms with E-state index in [9.17, 15) is 0 Å². The summed E-state index contributed by atoms with van der Waals surface area (Å²) in [7, 11) is 0. The normalized spacial score (nSPS) is 13.6. The van der Waals surface area contributed by atoms with Crippen LogP contribution in [0, 0.1) is 0 Å². The van der Waals surface area contributed by atoms with Crippen molar-refractivity contribution in [2.45, 2.75) is 6.54 Å². The molecule has 154 valence electrons. The Morgan fingerprint density at radius 1 is 0.871 bits per heavy atom. The Kier molecular flexibility index (Phi) is 5.62. The fourth-order valence-corrected chi connectivity index (χ4v) is 4.16. The van der Waals surface area contributed by atoms with Crippen LogP contribution in [0.1, 0.15) is 11.1 Å². The van der Waals surface area contributed by atoms with Crippen LogP contribution in [0.4, 0.5) is 0 Å². The second kappa shape index (κ2) is 9.02. The third kappa shape index (κ3) is 4.44. The van der Waals surface area contributed by atoms with Crippen LogP contribution in [0.3, 0.4) is 0 Å². The van der Waals surface area contributed by atoms with Crippen LogP contribution in [0.2, 0.25) is 0 Å². The summed E-state index contributed by atoms with van der Waals surface area (Å²) in [4.78, 5) is 5.67. The summed E-state index contributed by atoms with van der Waals surface area (Å²) in [6, 6.07) is 26.3. The zero-order valence-corrected chi connectivity index (χ0v) is 17.7. The lowest BCUT2D eigenvalue weighted by Gasteiger charge is -2.18. The minimum Gasteiger partial charge on any atom is -0.486 e. The van der Waals surface area contributed by atoms with Gasteiger partial charge < -0.3 is 9.47 Å². The van der Waals surface area contributed by atoms with Crippen LogP contribution in [0.25, 0.3) is 11.3 Å². The average molecular weight is 428 g/mol. The monoisotopic (exact) mass is 427 g/mol. The molecular weight excluding hydrogens is 406 g/mol. The number of ether oxygens (including phenoxy) is 2. The predicted octanol–water partition coefficient (Wildman–Crippen LogP) is 4.97. The largest absolute Gasteiger partial charge is 0.486 e. The maximum absolute atomic E-state index is 5.77. The summed E-state index contributed by atoms with van der Waals surface area (Å²) in [6.07, 6.45) is 1.86. The smallest absolute Gasteiger partial charge is 0.206 e. The van der Waals surface area contributed by atoms with Gasteiger partial charge in [0.25, 0.3) is 0 Å². The molecule has 0 aliphatic carbocycles. The molecule has 0 saturated heterocycles. The van der Waals surface area contributed by atoms with Gasteiger partial charge in [-0.2, -0.15) is 5.10 Å². The summed E-state index contributed by atoms with van der Waals surface area (Å²) in [5, 5.41) is 6.85. The number of aromatic nitrogens is 1. The number of nitrogens with zero attached hydrogens (tertiary/aromatic N) is 3. The number of hydrogen-bond donors (Lipinski definition) is 0. The van der Waals surface area contributed by atoms with Crippen molar-refractivity contribution < 1.29 is 9.47 Å². The Morgan fingerprint density at radius 3 is 2.42 bits per heavy atom. The fourth-order valence-electron chi connectivity index (χ4n) is 3.33. The molecule has 4 aromatic rings. The zero-order chi connectivity index (χ0) is 20.9. The van der Waals surface area contributed by atoms with Gasteiger partial charge in [0.05, 0.1) is 18.5 Å². The van der Waals surface area contributed by atoms with Gasteiger partial charge >= 0.3 is 0 Å². The maximum Gasteiger partial charge on any atom is 0.206 e. The van der Waals surface area contributed by atoms with Gasteiger partial charge in [0.1, 0.15) is 13.2 Å². The first-order chi connectivity index (χ1) is 15.4. The molecule has 0 fully saturated rings. The molecule has 5 nitrogen and oxygen atoms in total. The van der Waals surface area contributed by atoms with Crippen molar-refractivity contribution in [2.24, 2.45) is 10.1 Å². The first-order valence-electron chi connectivity index (χ1n) is 10.1. The highest BCUT2D eigenvalue weighted by Crippen LogP contribution is 2.34. The SMILES string of the molecule is C(=Nn1c(-c2ccc3c(c2)OCCO3)csc1=NCc1ccccc1)c1ccccc1. The molecule has 1 aliphatic heterocycles. The minimum absolute atomic E-state index is 0.559. The summed E-state index contributed by atoms with van der Waals surface area (Å²) in [6.45, 7) is 1.74. The molecule has 6 heteroatoms. The molecule has 0 radical (unpaired) electrons. The molecule has 1 aliphatic rings. The first-order valence-corrected chi connectivity index (χ1v) is 11.0. The van der Waals surface area contributed by atoms with E-state index in [2.05, 4.69) is 17.5 Å². The standard InChI is InChI=1S/C25H21N3O2S/c1-3-7-19(8-4-1)16-26-25-28(27-17-20-9-5-2-6-10-20)22(18-31-25)21-11-12-23-24(15-21)30-14-13-29-23/h1-12,15,17-18H,13-14,16H2. The van der Waals surface area contributed by atoms with Gasteiger partial charge in [-0.05, 0) is 29.3 Å². The third-order valence-corrected chi connectivity index (χ3v) is 5.74. The average Bonchev–Trinajstić information content (AvgIpc) is 3.25. The van der Waals surface area contributed by atoms with E-state index in [1.807, 2.05) is 77.6 Å². The van der Waals surface area contributed by atoms with E-state index in [1.54, 1.807) is 11.3 Å². The second-order valence-corrected chi connectivity index (χ2v) is 7.87. The quantitative estimate of drug-likeness (QED) is 0.422. The molecule has 5 rings (SSSR count). The van der Waals surface area contributed by atoms with Gasteiger partial charge in [-0.3, -0.25) is 4.99 Å². The van der Waals surface area contributed by atoms with Crippen molar-refractivity contribution in [2.75, 3.05) is 13.2 Å². The molecule has 0 N–H and O–H groups in total. The number of benzene rings is 3. The highest BCUT2D eigenvalue weighted by molar-refractivity contribution is 7.07. The molecule has 0 atom stereocenters. The lowest BCUT2D eigenvalue weighted by Crippen LogP contribution is -2.15. The zero-order valence-electron chi connectivity index (χ0n) is 16.8. The van der Waals surface area contributed by atoms with E-state index >= 15 is 0 Å². The third-order valence-electron chi connectivity index (χ3n) is 4.88. The Bertz CT molecular complexity index is 1260. The minimum atomic E-state index is 0.559. The van der Waals surface area contributed by atoms with Crippen LogP contribution in [-0.2, 0) is 6.54 Å². The van der Waals surface area contributed by atoms with Gasteiger partial charge in [0.15, 0.2) is 11.5 Å². The van der Waals surface area contributed by atoms with E-state index in [-0.39, 0.29) is 0 Å². The molecule has 0 spiro atoms. The first kappa shape index (κ1) is 19.3. The molecule has 0 saturated carbocycles. The van der Waals surface area contributed by atoms with Crippen LogP contribution < -0.4 is 14.3 Å². The van der Waals surface area contributed by atoms with Crippen LogP contribution >= 0.6 is 11.3 Å². The molecule has 0 amide bonds. The van der Waals surface area contributed by atoms with Gasteiger partial charge in [-0.1, -0.05) is 60.7 Å². The van der Waals surface area contributed by atoms with Gasteiger partial charge in [0.2, 0.25) is 4.80 Å². The lowest BCUT2D eigenvalue weighted by atomic mass is 10.1. The highest BCUT2D eigenvalue weighted by Gasteiger charge is 2.15. The van der Waals surface area contributed by atoms with Crippen molar-refractivity contribution >= 4 is 17.6 Å². The summed E-state index contributed by atoms with van der Waals surface area (Å²) < 4.78 is 13.3. The predicted molar refractivity (Wildman–Crippen MR) is 124 cm³/mol. The van der Waals surface area contributed by atoms with E-state index < -0.39 is 0 Å². The summed E-state index contributed by atoms with van der Waals surface area (Å²) in [5.74, 6) is 1.54. The molecular formula is C25H21N3O2S. The molecule has 3 aromatic carbocycles. The lowest BCUT2D eigenvalue weighted by molar-refractivity contribution is 0.171. The Labute approximate surface area is 184 Å². The maximum atomic E-state index is 5.77. The van der Waals surface area contributed by atoms with Crippen molar-refractivity contribution in [1.82, 2.24) is 4.68 Å². The van der Waals surface area contributed by atoms with E-state index in [4.69, 9.17) is 19.6 Å². The van der Waals surface area contributed by atoms with Gasteiger partial charge in [0, 0.05) is 10.9 Å². The molecule has 2 heterocycles. The summed E-state index contributed by atoms with van der Waals surface area (Å²) >= 11 is 1.57. The van der Waals surface area contributed by atoms with E-state index in [0.717, 1.165) is 38.7 Å². The van der Waals surface area contributed by atoms with Crippen molar-refractivity contribution in [3.63, 3.8) is 0 Å². The van der Waals surface area contributed by atoms with Gasteiger partial charge in [-0.15, -0.1) is 11.3 Å². The number of fused-ring (bicyclic) bond motifs is 1. The molecule has 0 bridgehead atoms. The Morgan fingerprint density at radius 2 is 1.61 bits per heavy atom. The van der Waals surface area contributed by atoms with Gasteiger partial charge in [-0.25, -0.2) is 4.68 Å². The molecule has 1 aromatic heterocycles. The van der Waals surface area contributed by atoms with Crippen molar-refractivity contribution in [3.8, 4) is 22.8 Å². The molecule has 31 heavy (non-hydrogen) atoms. The Balaban J connectivity index is 1.56. The fraction of sp³-hybridized carbons (Fsp3) is 0.120. The highest BCUT2D eigenvalue weighted by atomic mass is 32.1. The van der Waals surface area contributed by atoms with E-state index in [0.29, 0.717) is 19.8 Å². The van der Waals surface area contributed by atoms with Crippen LogP contribution in [0.5, 0.6) is 11.5 Å². The number of thiazole rings is 1. The second-order valence-electron chi connectivity index (χ2n) is 7.03. The van der Waals surface area contributed by atoms with E-state index in [1.165, 1.54) is 0 Å². The topological polar surface area (TPSA) is 48.1 Å². The molecule has 0 unspecified atom stereocenters. The Hall–Kier alpha value is -3.64. The van der Waals surface area contributed by atoms with Crippen LogP contribution in [0.15, 0.2) is 94.3 Å². The van der Waals surface area contributed by atoms with Crippen LogP contribution in [-0.4, -0.2) is 24.1 Å². The summed E-state index contributed by atoms with van der Waals surface area (Å²) in [5.41, 5.74) is 4.16. The number of rotatable bonds is 5. The number of hydrogen-bond acceptors (Lipinski definition) is 5. The van der Waals surface area contributed by atoms with Crippen molar-refractivity contribution in [1.29, 1.82) is 0 Å². The van der Waals surface area contributed by atoms with Crippen molar-refractivity contribution in [3.05, 3.63) is 100 Å².